The summed E-state index contributed by atoms with van der Waals surface area (Å²) >= 11 is 0. The number of carbonyl (C=O) groups excluding carboxylic acids is 1. The minimum Gasteiger partial charge on any atom is -0.325 e. The van der Waals surface area contributed by atoms with E-state index in [9.17, 15) is 4.79 Å². The highest BCUT2D eigenvalue weighted by atomic mass is 16.2. The Bertz CT molecular complexity index is 165. The van der Waals surface area contributed by atoms with Crippen molar-refractivity contribution in [2.24, 2.45) is 0 Å². The second kappa shape index (κ2) is 9.49. The Morgan fingerprint density at radius 3 is 1.44 bits per heavy atom. The smallest absolute Gasteiger partial charge is 0.319 e. The van der Waals surface area contributed by atoms with Gasteiger partial charge in [0.05, 0.1) is 0 Å². The highest BCUT2D eigenvalue weighted by Gasteiger charge is 2.16. The number of carbonyl (C=O) groups is 1. The lowest BCUT2D eigenvalue weighted by atomic mass is 10.3. The van der Waals surface area contributed by atoms with Crippen molar-refractivity contribution in [2.75, 3.05) is 26.2 Å². The molecule has 0 aliphatic rings. The standard InChI is InChI=1S/C13H28N2O/c1-5-9-11-14(7-3)13(16)15(8-4)12-10-6-2/h5-12H2,1-4H3. The van der Waals surface area contributed by atoms with E-state index in [1.165, 1.54) is 0 Å². The van der Waals surface area contributed by atoms with E-state index in [0.29, 0.717) is 0 Å². The van der Waals surface area contributed by atoms with Crippen LogP contribution >= 0.6 is 0 Å². The lowest BCUT2D eigenvalue weighted by Crippen LogP contribution is -2.43. The van der Waals surface area contributed by atoms with Gasteiger partial charge < -0.3 is 9.80 Å². The molecule has 16 heavy (non-hydrogen) atoms. The Morgan fingerprint density at radius 1 is 0.812 bits per heavy atom. The summed E-state index contributed by atoms with van der Waals surface area (Å²) in [7, 11) is 0. The van der Waals surface area contributed by atoms with Gasteiger partial charge in [-0.2, -0.15) is 0 Å². The van der Waals surface area contributed by atoms with Crippen LogP contribution in [0.1, 0.15) is 53.4 Å². The van der Waals surface area contributed by atoms with Crippen LogP contribution in [0.4, 0.5) is 4.79 Å². The zero-order chi connectivity index (χ0) is 12.4. The molecule has 3 nitrogen and oxygen atoms in total. The second-order valence-corrected chi connectivity index (χ2v) is 4.15. The van der Waals surface area contributed by atoms with E-state index in [1.54, 1.807) is 0 Å². The van der Waals surface area contributed by atoms with Crippen molar-refractivity contribution in [1.29, 1.82) is 0 Å². The van der Waals surface area contributed by atoms with Crippen LogP contribution in [0.2, 0.25) is 0 Å². The van der Waals surface area contributed by atoms with Crippen molar-refractivity contribution in [3.8, 4) is 0 Å². The van der Waals surface area contributed by atoms with Gasteiger partial charge in [-0.25, -0.2) is 4.79 Å². The molecule has 3 heteroatoms. The van der Waals surface area contributed by atoms with E-state index >= 15 is 0 Å². The van der Waals surface area contributed by atoms with Crippen LogP contribution in [0.25, 0.3) is 0 Å². The van der Waals surface area contributed by atoms with Crippen molar-refractivity contribution in [3.05, 3.63) is 0 Å². The number of amides is 2. The van der Waals surface area contributed by atoms with Crippen molar-refractivity contribution in [3.63, 3.8) is 0 Å². The third-order valence-corrected chi connectivity index (χ3v) is 2.87. The average molecular weight is 228 g/mol. The molecule has 0 aromatic rings. The number of hydrogen-bond acceptors (Lipinski definition) is 1. The first-order valence-electron chi connectivity index (χ1n) is 6.74. The molecule has 0 atom stereocenters. The highest BCUT2D eigenvalue weighted by Crippen LogP contribution is 2.03. The van der Waals surface area contributed by atoms with Crippen LogP contribution in [0.3, 0.4) is 0 Å². The quantitative estimate of drug-likeness (QED) is 0.625. The molecule has 0 aliphatic heterocycles. The first-order chi connectivity index (χ1) is 7.71. The molecule has 0 aromatic carbocycles. The van der Waals surface area contributed by atoms with Crippen molar-refractivity contribution >= 4 is 6.03 Å². The molecule has 0 spiro atoms. The Balaban J connectivity index is 4.20. The van der Waals surface area contributed by atoms with Gasteiger partial charge in [0.15, 0.2) is 0 Å². The van der Waals surface area contributed by atoms with E-state index in [1.807, 2.05) is 9.80 Å². The maximum absolute atomic E-state index is 12.2. The Hall–Kier alpha value is -0.730. The van der Waals surface area contributed by atoms with Crippen LogP contribution in [-0.2, 0) is 0 Å². The molecule has 0 rings (SSSR count). The summed E-state index contributed by atoms with van der Waals surface area (Å²) in [4.78, 5) is 16.1. The Labute approximate surface area is 101 Å². The predicted octanol–water partition coefficient (Wildman–Crippen LogP) is 3.35. The lowest BCUT2D eigenvalue weighted by Gasteiger charge is -2.29. The maximum atomic E-state index is 12.2. The van der Waals surface area contributed by atoms with E-state index < -0.39 is 0 Å². The zero-order valence-corrected chi connectivity index (χ0v) is 11.5. The van der Waals surface area contributed by atoms with Gasteiger partial charge in [0.1, 0.15) is 0 Å². The van der Waals surface area contributed by atoms with Gasteiger partial charge in [0.2, 0.25) is 0 Å². The fraction of sp³-hybridized carbons (Fsp3) is 0.923. The predicted molar refractivity (Wildman–Crippen MR) is 69.7 cm³/mol. The summed E-state index contributed by atoms with van der Waals surface area (Å²) in [6.45, 7) is 11.9. The molecule has 0 N–H and O–H groups in total. The van der Waals surface area contributed by atoms with Crippen LogP contribution in [0.5, 0.6) is 0 Å². The van der Waals surface area contributed by atoms with Crippen LogP contribution in [-0.4, -0.2) is 42.0 Å². The first-order valence-corrected chi connectivity index (χ1v) is 6.74. The molecular weight excluding hydrogens is 200 g/mol. The molecule has 0 saturated heterocycles. The summed E-state index contributed by atoms with van der Waals surface area (Å²) in [6.07, 6.45) is 4.49. The van der Waals surface area contributed by atoms with Gasteiger partial charge in [-0.15, -0.1) is 0 Å². The highest BCUT2D eigenvalue weighted by molar-refractivity contribution is 5.74. The van der Waals surface area contributed by atoms with E-state index in [-0.39, 0.29) is 6.03 Å². The number of urea groups is 1. The first kappa shape index (κ1) is 15.3. The third kappa shape index (κ3) is 5.38. The number of unbranched alkanes of at least 4 members (excludes halogenated alkanes) is 2. The zero-order valence-electron chi connectivity index (χ0n) is 11.5. The fourth-order valence-corrected chi connectivity index (χ4v) is 1.68. The summed E-state index contributed by atoms with van der Waals surface area (Å²) in [6, 6.07) is 0.215. The molecule has 0 aliphatic carbocycles. The molecule has 2 amide bonds. The van der Waals surface area contributed by atoms with Crippen molar-refractivity contribution in [1.82, 2.24) is 9.80 Å². The van der Waals surface area contributed by atoms with Crippen molar-refractivity contribution in [2.45, 2.75) is 53.4 Å². The molecule has 0 radical (unpaired) electrons. The van der Waals surface area contributed by atoms with Crippen LogP contribution < -0.4 is 0 Å². The molecular formula is C13H28N2O. The second-order valence-electron chi connectivity index (χ2n) is 4.15. The SMILES string of the molecule is CCCCN(CC)C(=O)N(CC)CCCC. The summed E-state index contributed by atoms with van der Waals surface area (Å²) < 4.78 is 0. The number of rotatable bonds is 8. The van der Waals surface area contributed by atoms with Crippen LogP contribution in [0, 0.1) is 0 Å². The molecule has 0 bridgehead atoms. The monoisotopic (exact) mass is 228 g/mol. The topological polar surface area (TPSA) is 23.6 Å². The van der Waals surface area contributed by atoms with E-state index in [0.717, 1.165) is 51.9 Å². The van der Waals surface area contributed by atoms with Crippen molar-refractivity contribution < 1.29 is 4.79 Å². The lowest BCUT2D eigenvalue weighted by molar-refractivity contribution is 0.156. The third-order valence-electron chi connectivity index (χ3n) is 2.87. The normalized spacial score (nSPS) is 10.2. The maximum Gasteiger partial charge on any atom is 0.319 e. The van der Waals surface area contributed by atoms with Gasteiger partial charge >= 0.3 is 6.03 Å². The van der Waals surface area contributed by atoms with Gasteiger partial charge in [-0.3, -0.25) is 0 Å². The summed E-state index contributed by atoms with van der Waals surface area (Å²) in [5.74, 6) is 0. The summed E-state index contributed by atoms with van der Waals surface area (Å²) in [5, 5.41) is 0. The molecule has 0 aromatic heterocycles. The van der Waals surface area contributed by atoms with E-state index in [4.69, 9.17) is 0 Å². The minimum atomic E-state index is 0.215. The summed E-state index contributed by atoms with van der Waals surface area (Å²) in [5.41, 5.74) is 0. The number of nitrogens with zero attached hydrogens (tertiary/aromatic N) is 2. The Morgan fingerprint density at radius 2 is 1.19 bits per heavy atom. The Kier molecular flexibility index (Phi) is 9.06. The fourth-order valence-electron chi connectivity index (χ4n) is 1.68. The van der Waals surface area contributed by atoms with Gasteiger partial charge in [0, 0.05) is 26.2 Å². The minimum absolute atomic E-state index is 0.215. The van der Waals surface area contributed by atoms with Crippen LogP contribution in [0.15, 0.2) is 0 Å². The van der Waals surface area contributed by atoms with E-state index in [2.05, 4.69) is 27.7 Å². The largest absolute Gasteiger partial charge is 0.325 e. The van der Waals surface area contributed by atoms with Gasteiger partial charge in [-0.1, -0.05) is 26.7 Å². The molecule has 0 unspecified atom stereocenters. The molecule has 0 fully saturated rings. The average Bonchev–Trinajstić information content (AvgIpc) is 2.31. The van der Waals surface area contributed by atoms with Gasteiger partial charge in [-0.05, 0) is 26.7 Å². The molecule has 0 saturated carbocycles. The van der Waals surface area contributed by atoms with Gasteiger partial charge in [0.25, 0.3) is 0 Å². The number of hydrogen-bond donors (Lipinski definition) is 0. The molecule has 96 valence electrons. The molecule has 0 heterocycles.